The summed E-state index contributed by atoms with van der Waals surface area (Å²) in [6.45, 7) is 2.93. The third-order valence-corrected chi connectivity index (χ3v) is 4.19. The van der Waals surface area contributed by atoms with Crippen LogP contribution in [0.25, 0.3) is 0 Å². The monoisotopic (exact) mass is 355 g/mol. The van der Waals surface area contributed by atoms with E-state index in [9.17, 15) is 9.90 Å². The summed E-state index contributed by atoms with van der Waals surface area (Å²) in [4.78, 5) is 11.9. The highest BCUT2D eigenvalue weighted by molar-refractivity contribution is 9.10. The van der Waals surface area contributed by atoms with Gasteiger partial charge in [0.1, 0.15) is 5.75 Å². The minimum Gasteiger partial charge on any atom is -0.507 e. The van der Waals surface area contributed by atoms with Crippen LogP contribution in [0.3, 0.4) is 0 Å². The SMILES string of the molecule is CCCCCCCCCCNC(=O)c1ccc(Br)c(O)c1. The van der Waals surface area contributed by atoms with Crippen molar-refractivity contribution in [2.24, 2.45) is 0 Å². The van der Waals surface area contributed by atoms with Gasteiger partial charge in [0.15, 0.2) is 0 Å². The molecule has 0 heterocycles. The number of nitrogens with one attached hydrogen (secondary N) is 1. The van der Waals surface area contributed by atoms with Crippen LogP contribution in [-0.2, 0) is 0 Å². The number of phenols is 1. The summed E-state index contributed by atoms with van der Waals surface area (Å²) in [6.07, 6.45) is 10.0. The van der Waals surface area contributed by atoms with Crippen molar-refractivity contribution in [2.45, 2.75) is 58.3 Å². The third kappa shape index (κ3) is 7.51. The summed E-state index contributed by atoms with van der Waals surface area (Å²) in [5.41, 5.74) is 0.496. The lowest BCUT2D eigenvalue weighted by atomic mass is 10.1. The molecule has 0 radical (unpaired) electrons. The average Bonchev–Trinajstić information content (AvgIpc) is 2.48. The summed E-state index contributed by atoms with van der Waals surface area (Å²) in [6, 6.07) is 4.86. The van der Waals surface area contributed by atoms with Crippen LogP contribution >= 0.6 is 15.9 Å². The lowest BCUT2D eigenvalue weighted by Gasteiger charge is -2.06. The second kappa shape index (κ2) is 10.7. The van der Waals surface area contributed by atoms with Gasteiger partial charge in [-0.05, 0) is 40.5 Å². The normalized spacial score (nSPS) is 10.6. The van der Waals surface area contributed by atoms with Gasteiger partial charge in [0.2, 0.25) is 0 Å². The zero-order chi connectivity index (χ0) is 15.5. The van der Waals surface area contributed by atoms with Gasteiger partial charge in [0.05, 0.1) is 4.47 Å². The van der Waals surface area contributed by atoms with Crippen molar-refractivity contribution < 1.29 is 9.90 Å². The van der Waals surface area contributed by atoms with Crippen molar-refractivity contribution >= 4 is 21.8 Å². The number of amides is 1. The molecular weight excluding hydrogens is 330 g/mol. The molecule has 1 aromatic carbocycles. The van der Waals surface area contributed by atoms with Gasteiger partial charge in [0, 0.05) is 12.1 Å². The van der Waals surface area contributed by atoms with E-state index in [2.05, 4.69) is 28.2 Å². The Kier molecular flexibility index (Phi) is 9.15. The number of aromatic hydroxyl groups is 1. The molecule has 2 N–H and O–H groups in total. The molecule has 0 fully saturated rings. The van der Waals surface area contributed by atoms with E-state index < -0.39 is 0 Å². The molecule has 4 heteroatoms. The zero-order valence-electron chi connectivity index (χ0n) is 12.8. The van der Waals surface area contributed by atoms with E-state index in [1.54, 1.807) is 12.1 Å². The lowest BCUT2D eigenvalue weighted by molar-refractivity contribution is 0.0952. The molecule has 0 saturated carbocycles. The second-order valence-electron chi connectivity index (χ2n) is 5.40. The largest absolute Gasteiger partial charge is 0.507 e. The van der Waals surface area contributed by atoms with Gasteiger partial charge >= 0.3 is 0 Å². The Labute approximate surface area is 136 Å². The first-order chi connectivity index (χ1) is 10.1. The third-order valence-electron chi connectivity index (χ3n) is 3.52. The van der Waals surface area contributed by atoms with Gasteiger partial charge in [-0.15, -0.1) is 0 Å². The summed E-state index contributed by atoms with van der Waals surface area (Å²) < 4.78 is 0.599. The Bertz CT molecular complexity index is 435. The Morgan fingerprint density at radius 3 is 2.33 bits per heavy atom. The molecule has 1 rings (SSSR count). The summed E-state index contributed by atoms with van der Waals surface area (Å²) in [5, 5.41) is 12.4. The average molecular weight is 356 g/mol. The van der Waals surface area contributed by atoms with Crippen LogP contribution in [-0.4, -0.2) is 17.6 Å². The minimum atomic E-state index is -0.124. The highest BCUT2D eigenvalue weighted by atomic mass is 79.9. The van der Waals surface area contributed by atoms with Crippen LogP contribution in [0, 0.1) is 0 Å². The van der Waals surface area contributed by atoms with Crippen LogP contribution in [0.1, 0.15) is 68.6 Å². The Morgan fingerprint density at radius 1 is 1.10 bits per heavy atom. The first kappa shape index (κ1) is 18.0. The first-order valence-corrected chi connectivity index (χ1v) is 8.71. The number of rotatable bonds is 10. The molecule has 0 saturated heterocycles. The van der Waals surface area contributed by atoms with Crippen molar-refractivity contribution in [3.8, 4) is 5.75 Å². The van der Waals surface area contributed by atoms with E-state index in [4.69, 9.17) is 0 Å². The molecule has 21 heavy (non-hydrogen) atoms. The zero-order valence-corrected chi connectivity index (χ0v) is 14.4. The number of carbonyl (C=O) groups excluding carboxylic acids is 1. The van der Waals surface area contributed by atoms with Crippen LogP contribution in [0.2, 0.25) is 0 Å². The highest BCUT2D eigenvalue weighted by Crippen LogP contribution is 2.24. The predicted octanol–water partition coefficient (Wildman–Crippen LogP) is 5.03. The summed E-state index contributed by atoms with van der Waals surface area (Å²) >= 11 is 3.20. The molecule has 0 spiro atoms. The van der Waals surface area contributed by atoms with Gasteiger partial charge in [-0.25, -0.2) is 0 Å². The fraction of sp³-hybridized carbons (Fsp3) is 0.588. The van der Waals surface area contributed by atoms with Gasteiger partial charge in [-0.2, -0.15) is 0 Å². The summed E-state index contributed by atoms with van der Waals surface area (Å²) in [7, 11) is 0. The van der Waals surface area contributed by atoms with Crippen molar-refractivity contribution in [1.29, 1.82) is 0 Å². The van der Waals surface area contributed by atoms with Gasteiger partial charge < -0.3 is 10.4 Å². The molecule has 0 atom stereocenters. The minimum absolute atomic E-state index is 0.0923. The molecular formula is C17H26BrNO2. The van der Waals surface area contributed by atoms with Gasteiger partial charge in [-0.3, -0.25) is 4.79 Å². The van der Waals surface area contributed by atoms with Crippen molar-refractivity contribution in [2.75, 3.05) is 6.54 Å². The molecule has 1 aromatic rings. The van der Waals surface area contributed by atoms with Gasteiger partial charge in [0.25, 0.3) is 5.91 Å². The maximum absolute atomic E-state index is 11.9. The van der Waals surface area contributed by atoms with Crippen molar-refractivity contribution in [3.05, 3.63) is 28.2 Å². The lowest BCUT2D eigenvalue weighted by Crippen LogP contribution is -2.24. The Hall–Kier alpha value is -1.03. The number of benzene rings is 1. The maximum atomic E-state index is 11.9. The van der Waals surface area contributed by atoms with Gasteiger partial charge in [-0.1, -0.05) is 51.9 Å². The van der Waals surface area contributed by atoms with E-state index in [1.165, 1.54) is 44.6 Å². The predicted molar refractivity (Wildman–Crippen MR) is 90.8 cm³/mol. The number of hydrogen-bond acceptors (Lipinski definition) is 2. The molecule has 0 aliphatic heterocycles. The van der Waals surface area contributed by atoms with E-state index >= 15 is 0 Å². The number of carbonyl (C=O) groups is 1. The quantitative estimate of drug-likeness (QED) is 0.578. The molecule has 118 valence electrons. The van der Waals surface area contributed by atoms with Crippen LogP contribution < -0.4 is 5.32 Å². The number of hydrogen-bond donors (Lipinski definition) is 2. The molecule has 0 bridgehead atoms. The number of phenolic OH excluding ortho intramolecular Hbond substituents is 1. The van der Waals surface area contributed by atoms with E-state index in [0.29, 0.717) is 16.6 Å². The van der Waals surface area contributed by atoms with Crippen LogP contribution in [0.5, 0.6) is 5.75 Å². The second-order valence-corrected chi connectivity index (χ2v) is 6.25. The van der Waals surface area contributed by atoms with E-state index in [0.717, 1.165) is 12.8 Å². The fourth-order valence-electron chi connectivity index (χ4n) is 2.22. The summed E-state index contributed by atoms with van der Waals surface area (Å²) in [5.74, 6) is -0.0320. The standard InChI is InChI=1S/C17H26BrNO2/c1-2-3-4-5-6-7-8-9-12-19-17(21)14-10-11-15(18)16(20)13-14/h10-11,13,20H,2-9,12H2,1H3,(H,19,21). The van der Waals surface area contributed by atoms with Crippen LogP contribution in [0.4, 0.5) is 0 Å². The fourth-order valence-corrected chi connectivity index (χ4v) is 2.46. The number of unbranched alkanes of at least 4 members (excludes halogenated alkanes) is 7. The topological polar surface area (TPSA) is 49.3 Å². The van der Waals surface area contributed by atoms with E-state index in [-0.39, 0.29) is 11.7 Å². The van der Waals surface area contributed by atoms with Crippen molar-refractivity contribution in [1.82, 2.24) is 5.32 Å². The molecule has 0 aliphatic rings. The first-order valence-electron chi connectivity index (χ1n) is 7.92. The maximum Gasteiger partial charge on any atom is 0.251 e. The van der Waals surface area contributed by atoms with Crippen molar-refractivity contribution in [3.63, 3.8) is 0 Å². The Morgan fingerprint density at radius 2 is 1.71 bits per heavy atom. The van der Waals surface area contributed by atoms with Crippen LogP contribution in [0.15, 0.2) is 22.7 Å². The highest BCUT2D eigenvalue weighted by Gasteiger charge is 2.07. The molecule has 0 aromatic heterocycles. The van der Waals surface area contributed by atoms with E-state index in [1.807, 2.05) is 0 Å². The smallest absolute Gasteiger partial charge is 0.251 e. The Balaban J connectivity index is 2.09. The molecule has 1 amide bonds. The number of halogens is 1. The molecule has 0 aliphatic carbocycles. The molecule has 3 nitrogen and oxygen atoms in total. The molecule has 0 unspecified atom stereocenters.